The molecule has 0 atom stereocenters. The lowest BCUT2D eigenvalue weighted by atomic mass is 10.4. The minimum atomic E-state index is 0.814. The van der Waals surface area contributed by atoms with E-state index in [4.69, 9.17) is 0 Å². The van der Waals surface area contributed by atoms with Crippen LogP contribution in [0.25, 0.3) is 0 Å². The molecule has 0 saturated heterocycles. The lowest BCUT2D eigenvalue weighted by Gasteiger charge is -1.85. The minimum Gasteiger partial charge on any atom is -0.365 e. The van der Waals surface area contributed by atoms with Gasteiger partial charge in [0.2, 0.25) is 0 Å². The Labute approximate surface area is 91.8 Å². The summed E-state index contributed by atoms with van der Waals surface area (Å²) in [7, 11) is 1.85. The number of aromatic nitrogens is 3. The zero-order chi connectivity index (χ0) is 10.7. The van der Waals surface area contributed by atoms with Gasteiger partial charge in [-0.05, 0) is 18.8 Å². The van der Waals surface area contributed by atoms with Crippen molar-refractivity contribution in [3.8, 4) is 11.8 Å². The van der Waals surface area contributed by atoms with Crippen LogP contribution in [0.15, 0.2) is 12.5 Å². The summed E-state index contributed by atoms with van der Waals surface area (Å²) in [5, 5.41) is 3.89. The van der Waals surface area contributed by atoms with Crippen molar-refractivity contribution < 1.29 is 0 Å². The van der Waals surface area contributed by atoms with Gasteiger partial charge in [0.05, 0.1) is 18.2 Å². The monoisotopic (exact) mass is 218 g/mol. The number of rotatable bonds is 1. The number of nitrogens with one attached hydrogen (secondary N) is 2. The van der Waals surface area contributed by atoms with Crippen molar-refractivity contribution in [1.82, 2.24) is 15.0 Å². The molecule has 5 heteroatoms. The van der Waals surface area contributed by atoms with Crippen molar-refractivity contribution in [2.24, 2.45) is 0 Å². The van der Waals surface area contributed by atoms with E-state index < -0.39 is 0 Å². The second-order valence-corrected chi connectivity index (χ2v) is 3.90. The molecule has 0 fully saturated rings. The Hall–Kier alpha value is -1.80. The molecule has 2 heterocycles. The molecule has 2 rings (SSSR count). The van der Waals surface area contributed by atoms with Crippen LogP contribution in [0.4, 0.5) is 5.13 Å². The van der Waals surface area contributed by atoms with E-state index in [0.717, 1.165) is 21.4 Å². The Morgan fingerprint density at radius 2 is 2.33 bits per heavy atom. The molecule has 0 aliphatic rings. The Balaban J connectivity index is 2.27. The van der Waals surface area contributed by atoms with Crippen LogP contribution in [0.2, 0.25) is 0 Å². The highest BCUT2D eigenvalue weighted by Gasteiger charge is 2.02. The number of nitrogens with zero attached hydrogens (tertiary/aromatic N) is 2. The van der Waals surface area contributed by atoms with Gasteiger partial charge >= 0.3 is 0 Å². The number of aryl methyl sites for hydroxylation is 1. The van der Waals surface area contributed by atoms with E-state index in [-0.39, 0.29) is 0 Å². The van der Waals surface area contributed by atoms with Crippen LogP contribution >= 0.6 is 11.3 Å². The van der Waals surface area contributed by atoms with Crippen LogP contribution in [-0.4, -0.2) is 22.0 Å². The molecule has 15 heavy (non-hydrogen) atoms. The van der Waals surface area contributed by atoms with Gasteiger partial charge in [0.15, 0.2) is 5.13 Å². The second-order valence-electron chi connectivity index (χ2n) is 2.90. The molecule has 2 aromatic heterocycles. The van der Waals surface area contributed by atoms with Crippen LogP contribution in [0.1, 0.15) is 16.3 Å². The summed E-state index contributed by atoms with van der Waals surface area (Å²) in [6.45, 7) is 1.95. The molecule has 0 aromatic carbocycles. The number of thiazole rings is 1. The molecular weight excluding hydrogens is 208 g/mol. The van der Waals surface area contributed by atoms with Gasteiger partial charge in [0.25, 0.3) is 0 Å². The van der Waals surface area contributed by atoms with E-state index in [0.29, 0.717) is 0 Å². The van der Waals surface area contributed by atoms with E-state index in [1.807, 2.05) is 14.0 Å². The molecule has 76 valence electrons. The maximum Gasteiger partial charge on any atom is 0.183 e. The van der Waals surface area contributed by atoms with Gasteiger partial charge in [-0.15, -0.1) is 0 Å². The number of imidazole rings is 1. The van der Waals surface area contributed by atoms with Crippen molar-refractivity contribution in [2.75, 3.05) is 12.4 Å². The topological polar surface area (TPSA) is 53.6 Å². The highest BCUT2D eigenvalue weighted by atomic mass is 32.1. The van der Waals surface area contributed by atoms with Crippen molar-refractivity contribution in [3.63, 3.8) is 0 Å². The molecule has 4 nitrogen and oxygen atoms in total. The van der Waals surface area contributed by atoms with Crippen LogP contribution in [0.5, 0.6) is 0 Å². The van der Waals surface area contributed by atoms with Crippen LogP contribution in [0, 0.1) is 18.8 Å². The quantitative estimate of drug-likeness (QED) is 0.715. The Bertz CT molecular complexity index is 501. The number of H-pyrrole nitrogens is 1. The van der Waals surface area contributed by atoms with Gasteiger partial charge in [-0.3, -0.25) is 0 Å². The SMILES string of the molecule is CNc1nc(C)c(C#Cc2cnc[nH]2)s1. The summed E-state index contributed by atoms with van der Waals surface area (Å²) >= 11 is 1.55. The summed E-state index contributed by atoms with van der Waals surface area (Å²) in [5.41, 5.74) is 1.77. The summed E-state index contributed by atoms with van der Waals surface area (Å²) in [6, 6.07) is 0. The largest absolute Gasteiger partial charge is 0.365 e. The molecular formula is C10H10N4S. The Morgan fingerprint density at radius 3 is 2.93 bits per heavy atom. The second kappa shape index (κ2) is 4.15. The number of anilines is 1. The van der Waals surface area contributed by atoms with Crippen molar-refractivity contribution in [2.45, 2.75) is 6.92 Å². The highest BCUT2D eigenvalue weighted by Crippen LogP contribution is 2.20. The Kier molecular flexibility index (Phi) is 2.70. The van der Waals surface area contributed by atoms with Gasteiger partial charge in [-0.2, -0.15) is 0 Å². The lowest BCUT2D eigenvalue weighted by molar-refractivity contribution is 1.24. The maximum atomic E-state index is 4.31. The molecule has 0 saturated carbocycles. The van der Waals surface area contributed by atoms with E-state index in [1.54, 1.807) is 23.9 Å². The van der Waals surface area contributed by atoms with E-state index in [2.05, 4.69) is 32.1 Å². The lowest BCUT2D eigenvalue weighted by Crippen LogP contribution is -1.84. The predicted molar refractivity (Wildman–Crippen MR) is 61.0 cm³/mol. The van der Waals surface area contributed by atoms with Crippen LogP contribution < -0.4 is 5.32 Å². The van der Waals surface area contributed by atoms with Gasteiger partial charge < -0.3 is 10.3 Å². The molecule has 2 N–H and O–H groups in total. The average molecular weight is 218 g/mol. The summed E-state index contributed by atoms with van der Waals surface area (Å²) in [4.78, 5) is 12.1. The van der Waals surface area contributed by atoms with Crippen LogP contribution in [0.3, 0.4) is 0 Å². The molecule has 0 unspecified atom stereocenters. The van der Waals surface area contributed by atoms with Gasteiger partial charge in [-0.25, -0.2) is 9.97 Å². The van der Waals surface area contributed by atoms with Gasteiger partial charge in [0.1, 0.15) is 10.6 Å². The first kappa shape index (κ1) is 9.74. The molecule has 0 radical (unpaired) electrons. The molecule has 0 aliphatic heterocycles. The van der Waals surface area contributed by atoms with Gasteiger partial charge in [0, 0.05) is 7.05 Å². The van der Waals surface area contributed by atoms with E-state index in [1.165, 1.54) is 0 Å². The average Bonchev–Trinajstić information content (AvgIpc) is 2.84. The zero-order valence-corrected chi connectivity index (χ0v) is 9.27. The fourth-order valence-corrected chi connectivity index (χ4v) is 1.84. The van der Waals surface area contributed by atoms with Crippen LogP contribution in [-0.2, 0) is 0 Å². The number of aromatic amines is 1. The van der Waals surface area contributed by atoms with E-state index in [9.17, 15) is 0 Å². The zero-order valence-electron chi connectivity index (χ0n) is 8.46. The van der Waals surface area contributed by atoms with Crippen molar-refractivity contribution in [1.29, 1.82) is 0 Å². The number of hydrogen-bond donors (Lipinski definition) is 2. The normalized spacial score (nSPS) is 9.47. The minimum absolute atomic E-state index is 0.814. The first-order valence-corrected chi connectivity index (χ1v) is 5.27. The third-order valence-electron chi connectivity index (χ3n) is 1.82. The molecule has 0 aliphatic carbocycles. The summed E-state index contributed by atoms with van der Waals surface area (Å²) < 4.78 is 0. The smallest absolute Gasteiger partial charge is 0.183 e. The fourth-order valence-electron chi connectivity index (χ4n) is 1.07. The predicted octanol–water partition coefficient (Wildman–Crippen LogP) is 1.62. The third kappa shape index (κ3) is 2.17. The Morgan fingerprint density at radius 1 is 1.47 bits per heavy atom. The molecule has 0 bridgehead atoms. The number of hydrogen-bond acceptors (Lipinski definition) is 4. The van der Waals surface area contributed by atoms with Gasteiger partial charge in [-0.1, -0.05) is 11.3 Å². The fraction of sp³-hybridized carbons (Fsp3) is 0.200. The van der Waals surface area contributed by atoms with Crippen molar-refractivity contribution in [3.05, 3.63) is 28.8 Å². The highest BCUT2D eigenvalue weighted by molar-refractivity contribution is 7.16. The first-order chi connectivity index (χ1) is 7.29. The molecule has 2 aromatic rings. The standard InChI is InChI=1S/C10H10N4S/c1-7-9(15-10(11-2)14-7)4-3-8-5-12-6-13-8/h5-6H,1-2H3,(H,11,14)(H,12,13). The maximum absolute atomic E-state index is 4.31. The summed E-state index contributed by atoms with van der Waals surface area (Å²) in [5.74, 6) is 6.06. The first-order valence-electron chi connectivity index (χ1n) is 4.45. The molecule has 0 spiro atoms. The molecule has 0 amide bonds. The third-order valence-corrected chi connectivity index (χ3v) is 2.91. The summed E-state index contributed by atoms with van der Waals surface area (Å²) in [6.07, 6.45) is 3.31. The van der Waals surface area contributed by atoms with E-state index >= 15 is 0 Å². The van der Waals surface area contributed by atoms with Crippen molar-refractivity contribution >= 4 is 16.5 Å².